The molecule has 0 aliphatic carbocycles. The zero-order valence-electron chi connectivity index (χ0n) is 10.4. The highest BCUT2D eigenvalue weighted by molar-refractivity contribution is 5.22. The quantitative estimate of drug-likeness (QED) is 0.753. The van der Waals surface area contributed by atoms with E-state index in [0.717, 1.165) is 24.5 Å². The van der Waals surface area contributed by atoms with Crippen LogP contribution in [0, 0.1) is 5.92 Å². The van der Waals surface area contributed by atoms with Gasteiger partial charge in [0.1, 0.15) is 0 Å². The van der Waals surface area contributed by atoms with Gasteiger partial charge in [0.25, 0.3) is 0 Å². The van der Waals surface area contributed by atoms with Crippen LogP contribution in [-0.4, -0.2) is 11.6 Å². The lowest BCUT2D eigenvalue weighted by molar-refractivity contribution is 0.287. The van der Waals surface area contributed by atoms with Crippen molar-refractivity contribution in [1.29, 1.82) is 0 Å². The molecule has 1 heterocycles. The van der Waals surface area contributed by atoms with E-state index in [9.17, 15) is 0 Å². The molecule has 0 saturated heterocycles. The molecule has 3 heteroatoms. The molecule has 0 bridgehead atoms. The van der Waals surface area contributed by atoms with Crippen LogP contribution in [0.4, 0.5) is 0 Å². The van der Waals surface area contributed by atoms with Gasteiger partial charge in [-0.05, 0) is 37.3 Å². The largest absolute Gasteiger partial charge is 0.478 e. The minimum absolute atomic E-state index is 0.0287. The molecule has 90 valence electrons. The van der Waals surface area contributed by atoms with Gasteiger partial charge in [0.05, 0.1) is 6.61 Å². The van der Waals surface area contributed by atoms with Crippen LogP contribution in [0.3, 0.4) is 0 Å². The Balaban J connectivity index is 2.39. The maximum absolute atomic E-state index is 5.79. The summed E-state index contributed by atoms with van der Waals surface area (Å²) in [6.45, 7) is 7.12. The lowest BCUT2D eigenvalue weighted by atomic mass is 10.1. The van der Waals surface area contributed by atoms with Crippen molar-refractivity contribution in [1.82, 2.24) is 4.98 Å². The number of ether oxygens (including phenoxy) is 1. The van der Waals surface area contributed by atoms with Crippen molar-refractivity contribution in [2.45, 2.75) is 39.7 Å². The lowest BCUT2D eigenvalue weighted by Crippen LogP contribution is -2.06. The third kappa shape index (κ3) is 4.62. The van der Waals surface area contributed by atoms with Crippen molar-refractivity contribution in [2.75, 3.05) is 6.61 Å². The maximum atomic E-state index is 5.79. The molecule has 0 aliphatic heterocycles. The fraction of sp³-hybridized carbons (Fsp3) is 0.615. The smallest absolute Gasteiger partial charge is 0.213 e. The summed E-state index contributed by atoms with van der Waals surface area (Å²) >= 11 is 0. The van der Waals surface area contributed by atoms with E-state index in [2.05, 4.69) is 18.8 Å². The van der Waals surface area contributed by atoms with E-state index in [1.54, 1.807) is 6.20 Å². The number of rotatable bonds is 6. The van der Waals surface area contributed by atoms with Crippen LogP contribution in [-0.2, 0) is 0 Å². The van der Waals surface area contributed by atoms with Crippen LogP contribution < -0.4 is 10.5 Å². The summed E-state index contributed by atoms with van der Waals surface area (Å²) in [5.74, 6) is 1.41. The Hall–Kier alpha value is -1.09. The molecule has 1 atom stereocenters. The molecule has 0 aromatic carbocycles. The standard InChI is InChI=1S/C13H22N2O/c1-10(2)5-4-8-16-13-9-12(11(3)14)6-7-15-13/h6-7,9-11H,4-5,8,14H2,1-3H3/t11-/m1/s1. The summed E-state index contributed by atoms with van der Waals surface area (Å²) in [4.78, 5) is 4.16. The highest BCUT2D eigenvalue weighted by Gasteiger charge is 2.02. The lowest BCUT2D eigenvalue weighted by Gasteiger charge is -2.09. The molecule has 0 saturated carbocycles. The predicted molar refractivity (Wildman–Crippen MR) is 66.4 cm³/mol. The second kappa shape index (κ2) is 6.48. The second-order valence-electron chi connectivity index (χ2n) is 4.60. The maximum Gasteiger partial charge on any atom is 0.213 e. The minimum Gasteiger partial charge on any atom is -0.478 e. The van der Waals surface area contributed by atoms with Crippen molar-refractivity contribution >= 4 is 0 Å². The highest BCUT2D eigenvalue weighted by Crippen LogP contribution is 2.15. The molecule has 0 radical (unpaired) electrons. The molecule has 0 spiro atoms. The van der Waals surface area contributed by atoms with Crippen LogP contribution in [0.1, 0.15) is 45.2 Å². The van der Waals surface area contributed by atoms with E-state index in [0.29, 0.717) is 5.88 Å². The molecule has 3 nitrogen and oxygen atoms in total. The zero-order valence-corrected chi connectivity index (χ0v) is 10.4. The van der Waals surface area contributed by atoms with Gasteiger partial charge in [0, 0.05) is 18.3 Å². The van der Waals surface area contributed by atoms with Crippen molar-refractivity contribution in [2.24, 2.45) is 11.7 Å². The number of hydrogen-bond acceptors (Lipinski definition) is 3. The Kier molecular flexibility index (Phi) is 5.26. The Morgan fingerprint density at radius 3 is 2.75 bits per heavy atom. The normalized spacial score (nSPS) is 12.8. The molecular formula is C13H22N2O. The van der Waals surface area contributed by atoms with E-state index in [1.165, 1.54) is 6.42 Å². The minimum atomic E-state index is 0.0287. The van der Waals surface area contributed by atoms with E-state index < -0.39 is 0 Å². The summed E-state index contributed by atoms with van der Waals surface area (Å²) in [5.41, 5.74) is 6.86. The van der Waals surface area contributed by atoms with Gasteiger partial charge in [-0.1, -0.05) is 13.8 Å². The third-order valence-electron chi connectivity index (χ3n) is 2.46. The average Bonchev–Trinajstić information content (AvgIpc) is 2.24. The van der Waals surface area contributed by atoms with Crippen LogP contribution in [0.2, 0.25) is 0 Å². The Morgan fingerprint density at radius 2 is 2.12 bits per heavy atom. The predicted octanol–water partition coefficient (Wildman–Crippen LogP) is 2.92. The molecule has 16 heavy (non-hydrogen) atoms. The van der Waals surface area contributed by atoms with Crippen LogP contribution in [0.15, 0.2) is 18.3 Å². The number of nitrogens with zero attached hydrogens (tertiary/aromatic N) is 1. The Labute approximate surface area is 98.0 Å². The number of nitrogens with two attached hydrogens (primary N) is 1. The van der Waals surface area contributed by atoms with Gasteiger partial charge in [-0.15, -0.1) is 0 Å². The van der Waals surface area contributed by atoms with E-state index in [4.69, 9.17) is 10.5 Å². The summed E-state index contributed by atoms with van der Waals surface area (Å²) < 4.78 is 5.58. The van der Waals surface area contributed by atoms with Crippen molar-refractivity contribution in [3.8, 4) is 5.88 Å². The van der Waals surface area contributed by atoms with Gasteiger partial charge in [-0.3, -0.25) is 0 Å². The first kappa shape index (κ1) is 13.0. The van der Waals surface area contributed by atoms with Gasteiger partial charge in [-0.25, -0.2) is 4.98 Å². The monoisotopic (exact) mass is 222 g/mol. The second-order valence-corrected chi connectivity index (χ2v) is 4.60. The van der Waals surface area contributed by atoms with E-state index >= 15 is 0 Å². The molecule has 0 unspecified atom stereocenters. The fourth-order valence-electron chi connectivity index (χ4n) is 1.46. The van der Waals surface area contributed by atoms with E-state index in [-0.39, 0.29) is 6.04 Å². The first-order valence-electron chi connectivity index (χ1n) is 5.94. The first-order valence-corrected chi connectivity index (χ1v) is 5.94. The molecule has 1 rings (SSSR count). The summed E-state index contributed by atoms with van der Waals surface area (Å²) in [6.07, 6.45) is 4.01. The first-order chi connectivity index (χ1) is 7.59. The number of hydrogen-bond donors (Lipinski definition) is 1. The van der Waals surface area contributed by atoms with Crippen LogP contribution in [0.25, 0.3) is 0 Å². The SMILES string of the molecule is CC(C)CCCOc1cc([C@@H](C)N)ccn1. The van der Waals surface area contributed by atoms with Crippen molar-refractivity contribution < 1.29 is 4.74 Å². The Morgan fingerprint density at radius 1 is 1.38 bits per heavy atom. The van der Waals surface area contributed by atoms with E-state index in [1.807, 2.05) is 19.1 Å². The summed E-state index contributed by atoms with van der Waals surface area (Å²) in [5, 5.41) is 0. The van der Waals surface area contributed by atoms with Gasteiger partial charge in [-0.2, -0.15) is 0 Å². The summed E-state index contributed by atoms with van der Waals surface area (Å²) in [7, 11) is 0. The van der Waals surface area contributed by atoms with Gasteiger partial charge in [0.2, 0.25) is 5.88 Å². The van der Waals surface area contributed by atoms with Gasteiger partial charge in [0.15, 0.2) is 0 Å². The zero-order chi connectivity index (χ0) is 12.0. The molecule has 2 N–H and O–H groups in total. The topological polar surface area (TPSA) is 48.1 Å². The summed E-state index contributed by atoms with van der Waals surface area (Å²) in [6, 6.07) is 3.87. The fourth-order valence-corrected chi connectivity index (χ4v) is 1.46. The van der Waals surface area contributed by atoms with Crippen LogP contribution in [0.5, 0.6) is 5.88 Å². The number of aromatic nitrogens is 1. The van der Waals surface area contributed by atoms with Crippen LogP contribution >= 0.6 is 0 Å². The van der Waals surface area contributed by atoms with Crippen molar-refractivity contribution in [3.63, 3.8) is 0 Å². The molecule has 0 aliphatic rings. The highest BCUT2D eigenvalue weighted by atomic mass is 16.5. The molecule has 0 amide bonds. The average molecular weight is 222 g/mol. The van der Waals surface area contributed by atoms with Gasteiger partial charge < -0.3 is 10.5 Å². The third-order valence-corrected chi connectivity index (χ3v) is 2.46. The molecule has 0 fully saturated rings. The molecule has 1 aromatic rings. The molecular weight excluding hydrogens is 200 g/mol. The van der Waals surface area contributed by atoms with Crippen molar-refractivity contribution in [3.05, 3.63) is 23.9 Å². The molecule has 1 aromatic heterocycles. The van der Waals surface area contributed by atoms with Gasteiger partial charge >= 0.3 is 0 Å². The Bertz CT molecular complexity index is 311. The number of pyridine rings is 1.